The first-order valence-electron chi connectivity index (χ1n) is 7.36. The van der Waals surface area contributed by atoms with Crippen LogP contribution in [-0.2, 0) is 12.8 Å². The standard InChI is InChI=1S/C19H19NO/c1-3-15-8-5-9-16-17(12-20-19(15)16)18(21)11-14-7-4-6-13(2)10-14/h4-10,12,20H,3,11H2,1-2H3. The summed E-state index contributed by atoms with van der Waals surface area (Å²) < 4.78 is 0. The quantitative estimate of drug-likeness (QED) is 0.701. The molecule has 0 unspecified atom stereocenters. The van der Waals surface area contributed by atoms with Gasteiger partial charge in [-0.25, -0.2) is 0 Å². The Labute approximate surface area is 124 Å². The van der Waals surface area contributed by atoms with Crippen molar-refractivity contribution in [2.45, 2.75) is 26.7 Å². The lowest BCUT2D eigenvalue weighted by atomic mass is 10.00. The van der Waals surface area contributed by atoms with Crippen molar-refractivity contribution in [1.29, 1.82) is 0 Å². The van der Waals surface area contributed by atoms with Crippen LogP contribution < -0.4 is 0 Å². The number of ketones is 1. The van der Waals surface area contributed by atoms with Crippen LogP contribution in [0.4, 0.5) is 0 Å². The van der Waals surface area contributed by atoms with E-state index in [0.717, 1.165) is 28.5 Å². The molecular weight excluding hydrogens is 258 g/mol. The van der Waals surface area contributed by atoms with E-state index in [1.165, 1.54) is 11.1 Å². The smallest absolute Gasteiger partial charge is 0.169 e. The van der Waals surface area contributed by atoms with Crippen molar-refractivity contribution < 1.29 is 4.79 Å². The fourth-order valence-electron chi connectivity index (χ4n) is 2.85. The van der Waals surface area contributed by atoms with E-state index in [0.29, 0.717) is 6.42 Å². The largest absolute Gasteiger partial charge is 0.360 e. The zero-order valence-corrected chi connectivity index (χ0v) is 12.4. The molecule has 0 aliphatic carbocycles. The van der Waals surface area contributed by atoms with Crippen molar-refractivity contribution in [1.82, 2.24) is 4.98 Å². The van der Waals surface area contributed by atoms with Crippen molar-refractivity contribution in [2.24, 2.45) is 0 Å². The van der Waals surface area contributed by atoms with Gasteiger partial charge in [-0.05, 0) is 24.5 Å². The van der Waals surface area contributed by atoms with Gasteiger partial charge in [0.2, 0.25) is 0 Å². The number of carbonyl (C=O) groups excluding carboxylic acids is 1. The minimum absolute atomic E-state index is 0.167. The van der Waals surface area contributed by atoms with Gasteiger partial charge >= 0.3 is 0 Å². The number of rotatable bonds is 4. The minimum Gasteiger partial charge on any atom is -0.360 e. The van der Waals surface area contributed by atoms with Gasteiger partial charge in [0, 0.05) is 29.1 Å². The highest BCUT2D eigenvalue weighted by Gasteiger charge is 2.13. The highest BCUT2D eigenvalue weighted by Crippen LogP contribution is 2.23. The first-order valence-corrected chi connectivity index (χ1v) is 7.36. The minimum atomic E-state index is 0.167. The molecule has 0 aliphatic heterocycles. The SMILES string of the molecule is CCc1cccc2c(C(=O)Cc3cccc(C)c3)c[nH]c12. The van der Waals surface area contributed by atoms with E-state index in [1.54, 1.807) is 0 Å². The molecule has 0 bridgehead atoms. The van der Waals surface area contributed by atoms with Gasteiger partial charge in [-0.3, -0.25) is 4.79 Å². The van der Waals surface area contributed by atoms with Crippen molar-refractivity contribution in [3.05, 3.63) is 70.9 Å². The van der Waals surface area contributed by atoms with Gasteiger partial charge < -0.3 is 4.98 Å². The maximum atomic E-state index is 12.6. The van der Waals surface area contributed by atoms with Crippen LogP contribution in [0.15, 0.2) is 48.7 Å². The normalized spacial score (nSPS) is 11.0. The number of aromatic amines is 1. The monoisotopic (exact) mass is 277 g/mol. The van der Waals surface area contributed by atoms with Gasteiger partial charge in [-0.1, -0.05) is 55.0 Å². The van der Waals surface area contributed by atoms with Gasteiger partial charge in [-0.2, -0.15) is 0 Å². The average Bonchev–Trinajstić information content (AvgIpc) is 2.91. The fourth-order valence-corrected chi connectivity index (χ4v) is 2.85. The summed E-state index contributed by atoms with van der Waals surface area (Å²) in [6.45, 7) is 4.18. The summed E-state index contributed by atoms with van der Waals surface area (Å²) in [7, 11) is 0. The molecule has 1 aromatic heterocycles. The number of fused-ring (bicyclic) bond motifs is 1. The van der Waals surface area contributed by atoms with Gasteiger partial charge in [0.15, 0.2) is 5.78 Å². The predicted octanol–water partition coefficient (Wildman–Crippen LogP) is 4.46. The molecule has 21 heavy (non-hydrogen) atoms. The zero-order valence-electron chi connectivity index (χ0n) is 12.4. The summed E-state index contributed by atoms with van der Waals surface area (Å²) in [5.74, 6) is 0.167. The lowest BCUT2D eigenvalue weighted by Crippen LogP contribution is -2.02. The van der Waals surface area contributed by atoms with Crippen LogP contribution in [0.5, 0.6) is 0 Å². The van der Waals surface area contributed by atoms with Gasteiger partial charge in [0.1, 0.15) is 0 Å². The second-order valence-corrected chi connectivity index (χ2v) is 5.48. The third kappa shape index (κ3) is 2.62. The van der Waals surface area contributed by atoms with Crippen LogP contribution in [0.25, 0.3) is 10.9 Å². The molecule has 3 rings (SSSR count). The van der Waals surface area contributed by atoms with Crippen molar-refractivity contribution in [3.8, 4) is 0 Å². The Morgan fingerprint density at radius 1 is 1.14 bits per heavy atom. The summed E-state index contributed by atoms with van der Waals surface area (Å²) in [4.78, 5) is 15.8. The molecule has 2 aromatic carbocycles. The van der Waals surface area contributed by atoms with Gasteiger partial charge in [0.05, 0.1) is 0 Å². The van der Waals surface area contributed by atoms with Crippen molar-refractivity contribution in [2.75, 3.05) is 0 Å². The molecule has 0 aliphatic rings. The molecule has 0 spiro atoms. The Balaban J connectivity index is 1.95. The Kier molecular flexibility index (Phi) is 3.61. The number of aryl methyl sites for hydroxylation is 2. The number of H-pyrrole nitrogens is 1. The average molecular weight is 277 g/mol. The van der Waals surface area contributed by atoms with Crippen LogP contribution in [0.1, 0.15) is 34.0 Å². The molecule has 3 aromatic rings. The number of para-hydroxylation sites is 1. The molecule has 0 saturated heterocycles. The number of hydrogen-bond donors (Lipinski definition) is 1. The number of benzene rings is 2. The number of Topliss-reactive ketones (excluding diaryl/α,β-unsaturated/α-hetero) is 1. The number of aromatic nitrogens is 1. The third-order valence-corrected chi connectivity index (χ3v) is 3.93. The van der Waals surface area contributed by atoms with E-state index in [2.05, 4.69) is 24.0 Å². The molecule has 0 fully saturated rings. The highest BCUT2D eigenvalue weighted by atomic mass is 16.1. The third-order valence-electron chi connectivity index (χ3n) is 3.93. The molecule has 2 heteroatoms. The first kappa shape index (κ1) is 13.6. The van der Waals surface area contributed by atoms with Crippen LogP contribution in [0.2, 0.25) is 0 Å². The van der Waals surface area contributed by atoms with Gasteiger partial charge in [-0.15, -0.1) is 0 Å². The first-order chi connectivity index (χ1) is 10.2. The molecule has 106 valence electrons. The molecule has 0 radical (unpaired) electrons. The van der Waals surface area contributed by atoms with E-state index in [4.69, 9.17) is 0 Å². The summed E-state index contributed by atoms with van der Waals surface area (Å²) in [6.07, 6.45) is 3.26. The Morgan fingerprint density at radius 2 is 1.95 bits per heavy atom. The van der Waals surface area contributed by atoms with E-state index in [1.807, 2.05) is 43.5 Å². The van der Waals surface area contributed by atoms with E-state index >= 15 is 0 Å². The lowest BCUT2D eigenvalue weighted by molar-refractivity contribution is 0.0994. The topological polar surface area (TPSA) is 32.9 Å². The Hall–Kier alpha value is -2.35. The molecule has 0 saturated carbocycles. The molecule has 0 atom stereocenters. The van der Waals surface area contributed by atoms with E-state index in [-0.39, 0.29) is 5.78 Å². The summed E-state index contributed by atoms with van der Waals surface area (Å²) in [6, 6.07) is 14.3. The molecule has 1 heterocycles. The Morgan fingerprint density at radius 3 is 2.71 bits per heavy atom. The predicted molar refractivity (Wildman–Crippen MR) is 86.9 cm³/mol. The Bertz CT molecular complexity index is 798. The fraction of sp³-hybridized carbons (Fsp3) is 0.211. The molecule has 1 N–H and O–H groups in total. The molecular formula is C19H19NO. The molecule has 2 nitrogen and oxygen atoms in total. The second kappa shape index (κ2) is 5.57. The van der Waals surface area contributed by atoms with E-state index < -0.39 is 0 Å². The van der Waals surface area contributed by atoms with Gasteiger partial charge in [0.25, 0.3) is 0 Å². The zero-order chi connectivity index (χ0) is 14.8. The second-order valence-electron chi connectivity index (χ2n) is 5.48. The lowest BCUT2D eigenvalue weighted by Gasteiger charge is -2.03. The summed E-state index contributed by atoms with van der Waals surface area (Å²) >= 11 is 0. The number of carbonyl (C=O) groups is 1. The van der Waals surface area contributed by atoms with E-state index in [9.17, 15) is 4.79 Å². The van der Waals surface area contributed by atoms with Crippen LogP contribution in [0, 0.1) is 6.92 Å². The maximum Gasteiger partial charge on any atom is 0.169 e. The highest BCUT2D eigenvalue weighted by molar-refractivity contribution is 6.09. The summed E-state index contributed by atoms with van der Waals surface area (Å²) in [5.41, 5.74) is 5.39. The maximum absolute atomic E-state index is 12.6. The number of nitrogens with one attached hydrogen (secondary N) is 1. The number of hydrogen-bond acceptors (Lipinski definition) is 1. The molecule has 0 amide bonds. The van der Waals surface area contributed by atoms with Crippen LogP contribution in [0.3, 0.4) is 0 Å². The summed E-state index contributed by atoms with van der Waals surface area (Å²) in [5, 5.41) is 1.03. The van der Waals surface area contributed by atoms with Crippen molar-refractivity contribution in [3.63, 3.8) is 0 Å². The van der Waals surface area contributed by atoms with Crippen molar-refractivity contribution >= 4 is 16.7 Å². The van der Waals surface area contributed by atoms with Crippen LogP contribution >= 0.6 is 0 Å². The van der Waals surface area contributed by atoms with Crippen LogP contribution in [-0.4, -0.2) is 10.8 Å².